The van der Waals surface area contributed by atoms with Crippen molar-refractivity contribution >= 4 is 5.91 Å². The van der Waals surface area contributed by atoms with E-state index in [0.717, 1.165) is 39.3 Å². The molecule has 0 saturated carbocycles. The third kappa shape index (κ3) is 2.05. The van der Waals surface area contributed by atoms with Crippen LogP contribution in [0.15, 0.2) is 12.5 Å². The molecule has 92 valence electrons. The Kier molecular flexibility index (Phi) is 2.82. The summed E-state index contributed by atoms with van der Waals surface area (Å²) in [4.78, 5) is 23.0. The summed E-state index contributed by atoms with van der Waals surface area (Å²) >= 11 is 0. The Hall–Kier alpha value is -1.40. The number of aromatic nitrogens is 2. The number of piperazine rings is 1. The van der Waals surface area contributed by atoms with Crippen molar-refractivity contribution in [3.63, 3.8) is 0 Å². The summed E-state index contributed by atoms with van der Waals surface area (Å²) in [7, 11) is 0. The van der Waals surface area contributed by atoms with Crippen LogP contribution in [0.25, 0.3) is 0 Å². The molecule has 1 amide bonds. The third-order valence-corrected chi connectivity index (χ3v) is 3.55. The van der Waals surface area contributed by atoms with Crippen molar-refractivity contribution in [2.75, 3.05) is 39.3 Å². The quantitative estimate of drug-likeness (QED) is 0.700. The summed E-state index contributed by atoms with van der Waals surface area (Å²) in [6.07, 6.45) is 3.13. The van der Waals surface area contributed by atoms with E-state index in [2.05, 4.69) is 20.2 Å². The molecular formula is C11H17N5O. The first-order valence-electron chi connectivity index (χ1n) is 6.07. The maximum absolute atomic E-state index is 11.9. The second-order valence-electron chi connectivity index (χ2n) is 4.62. The number of hydrogen-bond donors (Lipinski definition) is 2. The zero-order chi connectivity index (χ0) is 11.7. The molecule has 2 aliphatic heterocycles. The summed E-state index contributed by atoms with van der Waals surface area (Å²) in [6, 6.07) is 0.545. The molecule has 0 unspecified atom stereocenters. The molecule has 6 heteroatoms. The molecule has 2 saturated heterocycles. The number of amides is 1. The molecule has 0 aromatic carbocycles. The highest BCUT2D eigenvalue weighted by Gasteiger charge is 2.35. The van der Waals surface area contributed by atoms with Gasteiger partial charge in [-0.05, 0) is 0 Å². The summed E-state index contributed by atoms with van der Waals surface area (Å²) in [5.41, 5.74) is 0.587. The minimum atomic E-state index is 0.0638. The number of H-pyrrole nitrogens is 1. The minimum Gasteiger partial charge on any atom is -0.341 e. The average molecular weight is 235 g/mol. The minimum absolute atomic E-state index is 0.0638. The molecule has 0 spiro atoms. The van der Waals surface area contributed by atoms with Crippen LogP contribution in [0.4, 0.5) is 0 Å². The Balaban J connectivity index is 1.52. The predicted octanol–water partition coefficient (Wildman–Crippen LogP) is -0.861. The van der Waals surface area contributed by atoms with Crippen LogP contribution in [0.2, 0.25) is 0 Å². The van der Waals surface area contributed by atoms with Crippen molar-refractivity contribution in [2.45, 2.75) is 6.04 Å². The van der Waals surface area contributed by atoms with Gasteiger partial charge in [-0.15, -0.1) is 0 Å². The topological polar surface area (TPSA) is 64.3 Å². The number of imidazole rings is 1. The number of nitrogens with zero attached hydrogens (tertiary/aromatic N) is 3. The van der Waals surface area contributed by atoms with Gasteiger partial charge in [-0.3, -0.25) is 9.69 Å². The van der Waals surface area contributed by atoms with Crippen molar-refractivity contribution in [2.24, 2.45) is 0 Å². The van der Waals surface area contributed by atoms with Crippen LogP contribution in [0, 0.1) is 0 Å². The lowest BCUT2D eigenvalue weighted by molar-refractivity contribution is 0.0223. The molecule has 1 aromatic heterocycles. The molecule has 0 radical (unpaired) electrons. The van der Waals surface area contributed by atoms with Gasteiger partial charge >= 0.3 is 0 Å². The molecule has 1 aromatic rings. The van der Waals surface area contributed by atoms with Gasteiger partial charge in [-0.1, -0.05) is 0 Å². The Labute approximate surface area is 100.0 Å². The molecule has 17 heavy (non-hydrogen) atoms. The molecule has 0 atom stereocenters. The van der Waals surface area contributed by atoms with Gasteiger partial charge < -0.3 is 15.2 Å². The number of hydrogen-bond acceptors (Lipinski definition) is 4. The van der Waals surface area contributed by atoms with Gasteiger partial charge in [0.15, 0.2) is 0 Å². The van der Waals surface area contributed by atoms with Gasteiger partial charge in [0.05, 0.1) is 12.5 Å². The maximum atomic E-state index is 11.9. The van der Waals surface area contributed by atoms with Crippen molar-refractivity contribution in [1.82, 2.24) is 25.1 Å². The number of rotatable bonds is 2. The van der Waals surface area contributed by atoms with Crippen molar-refractivity contribution in [3.8, 4) is 0 Å². The first-order chi connectivity index (χ1) is 8.34. The predicted molar refractivity (Wildman–Crippen MR) is 62.7 cm³/mol. The van der Waals surface area contributed by atoms with Gasteiger partial charge in [-0.25, -0.2) is 4.98 Å². The number of likely N-dealkylation sites (tertiary alicyclic amines) is 1. The highest BCUT2D eigenvalue weighted by Crippen LogP contribution is 2.17. The van der Waals surface area contributed by atoms with Gasteiger partial charge in [0.1, 0.15) is 5.69 Å². The Bertz CT molecular complexity index is 379. The second kappa shape index (κ2) is 4.46. The van der Waals surface area contributed by atoms with E-state index in [1.54, 1.807) is 12.5 Å². The fourth-order valence-corrected chi connectivity index (χ4v) is 2.44. The average Bonchev–Trinajstić information content (AvgIpc) is 2.81. The van der Waals surface area contributed by atoms with Crippen LogP contribution < -0.4 is 5.32 Å². The van der Waals surface area contributed by atoms with Crippen LogP contribution in [-0.4, -0.2) is 71.0 Å². The number of carbonyl (C=O) groups is 1. The lowest BCUT2D eigenvalue weighted by atomic mass is 10.1. The Morgan fingerprint density at radius 1 is 1.35 bits per heavy atom. The SMILES string of the molecule is O=C(c1cnc[nH]1)N1CC(N2CCNCC2)C1. The second-order valence-corrected chi connectivity index (χ2v) is 4.62. The van der Waals surface area contributed by atoms with E-state index in [1.807, 2.05) is 4.90 Å². The maximum Gasteiger partial charge on any atom is 0.272 e. The fraction of sp³-hybridized carbons (Fsp3) is 0.636. The highest BCUT2D eigenvalue weighted by atomic mass is 16.2. The Morgan fingerprint density at radius 3 is 2.76 bits per heavy atom. The van der Waals surface area contributed by atoms with E-state index >= 15 is 0 Å². The largest absolute Gasteiger partial charge is 0.341 e. The lowest BCUT2D eigenvalue weighted by Crippen LogP contribution is -2.63. The Morgan fingerprint density at radius 2 is 2.12 bits per heavy atom. The molecule has 2 aliphatic rings. The number of aromatic amines is 1. The zero-order valence-electron chi connectivity index (χ0n) is 9.72. The van der Waals surface area contributed by atoms with Gasteiger partial charge in [0, 0.05) is 45.3 Å². The smallest absolute Gasteiger partial charge is 0.272 e. The van der Waals surface area contributed by atoms with E-state index in [1.165, 1.54) is 0 Å². The van der Waals surface area contributed by atoms with Crippen LogP contribution in [0.5, 0.6) is 0 Å². The summed E-state index contributed by atoms with van der Waals surface area (Å²) in [6.45, 7) is 6.00. The van der Waals surface area contributed by atoms with Gasteiger partial charge in [-0.2, -0.15) is 0 Å². The fourth-order valence-electron chi connectivity index (χ4n) is 2.44. The van der Waals surface area contributed by atoms with Crippen molar-refractivity contribution in [3.05, 3.63) is 18.2 Å². The normalized spacial score (nSPS) is 22.5. The van der Waals surface area contributed by atoms with Crippen LogP contribution >= 0.6 is 0 Å². The molecule has 3 rings (SSSR count). The standard InChI is InChI=1S/C11H17N5O/c17-11(10-5-13-8-14-10)16-6-9(7-16)15-3-1-12-2-4-15/h5,8-9,12H,1-4,6-7H2,(H,13,14). The van der Waals surface area contributed by atoms with Gasteiger partial charge in [0.25, 0.3) is 5.91 Å². The molecule has 6 nitrogen and oxygen atoms in total. The summed E-state index contributed by atoms with van der Waals surface area (Å²) < 4.78 is 0. The van der Waals surface area contributed by atoms with Crippen molar-refractivity contribution < 1.29 is 4.79 Å². The number of nitrogens with one attached hydrogen (secondary N) is 2. The van der Waals surface area contributed by atoms with Crippen LogP contribution in [0.3, 0.4) is 0 Å². The number of carbonyl (C=O) groups excluding carboxylic acids is 1. The van der Waals surface area contributed by atoms with Crippen LogP contribution in [-0.2, 0) is 0 Å². The van der Waals surface area contributed by atoms with Gasteiger partial charge in [0.2, 0.25) is 0 Å². The molecule has 0 aliphatic carbocycles. The molecule has 2 fully saturated rings. The van der Waals surface area contributed by atoms with E-state index in [-0.39, 0.29) is 5.91 Å². The first-order valence-corrected chi connectivity index (χ1v) is 6.07. The summed E-state index contributed by atoms with van der Waals surface area (Å²) in [5.74, 6) is 0.0638. The lowest BCUT2D eigenvalue weighted by Gasteiger charge is -2.46. The van der Waals surface area contributed by atoms with Crippen LogP contribution in [0.1, 0.15) is 10.5 Å². The monoisotopic (exact) mass is 235 g/mol. The summed E-state index contributed by atoms with van der Waals surface area (Å²) in [5, 5.41) is 3.34. The zero-order valence-corrected chi connectivity index (χ0v) is 9.72. The van der Waals surface area contributed by atoms with E-state index in [9.17, 15) is 4.79 Å². The van der Waals surface area contributed by atoms with E-state index in [4.69, 9.17) is 0 Å². The first kappa shape index (κ1) is 10.7. The van der Waals surface area contributed by atoms with Crippen molar-refractivity contribution in [1.29, 1.82) is 0 Å². The van der Waals surface area contributed by atoms with E-state index < -0.39 is 0 Å². The highest BCUT2D eigenvalue weighted by molar-refractivity contribution is 5.92. The molecule has 3 heterocycles. The molecule has 2 N–H and O–H groups in total. The van der Waals surface area contributed by atoms with E-state index in [0.29, 0.717) is 11.7 Å². The molecular weight excluding hydrogens is 218 g/mol. The third-order valence-electron chi connectivity index (χ3n) is 3.55. The molecule has 0 bridgehead atoms.